The van der Waals surface area contributed by atoms with Crippen molar-refractivity contribution in [3.8, 4) is 5.75 Å². The van der Waals surface area contributed by atoms with Crippen molar-refractivity contribution in [2.45, 2.75) is 32.4 Å². The van der Waals surface area contributed by atoms with Crippen molar-refractivity contribution < 1.29 is 4.74 Å². The maximum Gasteiger partial charge on any atom is 0.124 e. The van der Waals surface area contributed by atoms with Gasteiger partial charge in [-0.05, 0) is 55.9 Å². The summed E-state index contributed by atoms with van der Waals surface area (Å²) < 4.78 is 6.13. The van der Waals surface area contributed by atoms with Crippen LogP contribution in [0.4, 0.5) is 0 Å². The summed E-state index contributed by atoms with van der Waals surface area (Å²) in [5.74, 6) is 1.03. The molecule has 2 aliphatic heterocycles. The molecule has 4 rings (SSSR count). The third kappa shape index (κ3) is 5.61. The maximum atomic E-state index is 6.13. The van der Waals surface area contributed by atoms with Crippen molar-refractivity contribution in [3.05, 3.63) is 65.7 Å². The number of hydrogen-bond acceptors (Lipinski definition) is 3. The first-order valence-electron chi connectivity index (χ1n) is 9.51. The highest BCUT2D eigenvalue weighted by Crippen LogP contribution is 2.39. The lowest BCUT2D eigenvalue weighted by Gasteiger charge is -2.34. The molecule has 0 bridgehead atoms. The molecule has 0 amide bonds. The van der Waals surface area contributed by atoms with Gasteiger partial charge in [-0.2, -0.15) is 0 Å². The van der Waals surface area contributed by atoms with E-state index in [1.807, 2.05) is 6.07 Å². The van der Waals surface area contributed by atoms with E-state index < -0.39 is 0 Å². The molecule has 0 radical (unpaired) electrons. The first-order valence-corrected chi connectivity index (χ1v) is 9.51. The summed E-state index contributed by atoms with van der Waals surface area (Å²) in [6, 6.07) is 18.9. The van der Waals surface area contributed by atoms with Gasteiger partial charge in [0.1, 0.15) is 12.4 Å². The van der Waals surface area contributed by atoms with Gasteiger partial charge in [0.15, 0.2) is 0 Å². The second-order valence-electron chi connectivity index (χ2n) is 7.59. The minimum atomic E-state index is 0. The number of benzene rings is 2. The fraction of sp³-hybridized carbons (Fsp3) is 0.455. The first kappa shape index (κ1) is 22.0. The van der Waals surface area contributed by atoms with E-state index in [0.29, 0.717) is 12.0 Å². The fourth-order valence-corrected chi connectivity index (χ4v) is 4.28. The number of ether oxygens (including phenoxy) is 1. The lowest BCUT2D eigenvalue weighted by molar-refractivity contribution is 0.192. The molecule has 2 aromatic rings. The minimum absolute atomic E-state index is 0. The smallest absolute Gasteiger partial charge is 0.124 e. The third-order valence-corrected chi connectivity index (χ3v) is 5.79. The maximum absolute atomic E-state index is 6.13. The van der Waals surface area contributed by atoms with Crippen LogP contribution < -0.4 is 10.1 Å². The van der Waals surface area contributed by atoms with Crippen molar-refractivity contribution in [2.24, 2.45) is 5.41 Å². The molecule has 148 valence electrons. The van der Waals surface area contributed by atoms with Crippen molar-refractivity contribution in [1.82, 2.24) is 10.2 Å². The zero-order valence-electron chi connectivity index (χ0n) is 15.7. The van der Waals surface area contributed by atoms with Gasteiger partial charge in [0.25, 0.3) is 0 Å². The van der Waals surface area contributed by atoms with E-state index in [1.165, 1.54) is 56.6 Å². The summed E-state index contributed by atoms with van der Waals surface area (Å²) in [5, 5.41) is 3.50. The van der Waals surface area contributed by atoms with Gasteiger partial charge in [-0.25, -0.2) is 0 Å². The van der Waals surface area contributed by atoms with Gasteiger partial charge in [0, 0.05) is 18.7 Å². The zero-order valence-corrected chi connectivity index (χ0v) is 17.4. The molecule has 1 N–H and O–H groups in total. The quantitative estimate of drug-likeness (QED) is 0.776. The average molecular weight is 409 g/mol. The van der Waals surface area contributed by atoms with E-state index in [1.54, 1.807) is 0 Å². The highest BCUT2D eigenvalue weighted by atomic mass is 35.5. The summed E-state index contributed by atoms with van der Waals surface area (Å²) >= 11 is 0. The molecule has 5 heteroatoms. The van der Waals surface area contributed by atoms with Crippen molar-refractivity contribution in [1.29, 1.82) is 0 Å². The molecule has 2 aliphatic rings. The monoisotopic (exact) mass is 408 g/mol. The second kappa shape index (κ2) is 10.3. The van der Waals surface area contributed by atoms with Crippen LogP contribution in [0.1, 0.15) is 30.4 Å². The Hall–Kier alpha value is -1.26. The van der Waals surface area contributed by atoms with E-state index in [-0.39, 0.29) is 24.8 Å². The number of rotatable bonds is 5. The number of nitrogens with zero attached hydrogens (tertiary/aromatic N) is 1. The lowest BCUT2D eigenvalue weighted by Crippen LogP contribution is -2.38. The van der Waals surface area contributed by atoms with Crippen LogP contribution in [-0.2, 0) is 13.2 Å². The number of para-hydroxylation sites is 1. The Kier molecular flexibility index (Phi) is 8.43. The normalized spacial score (nSPS) is 18.5. The van der Waals surface area contributed by atoms with Gasteiger partial charge in [-0.3, -0.25) is 4.90 Å². The summed E-state index contributed by atoms with van der Waals surface area (Å²) in [6.45, 7) is 6.46. The Morgan fingerprint density at radius 1 is 0.889 bits per heavy atom. The molecule has 2 fully saturated rings. The predicted molar refractivity (Wildman–Crippen MR) is 116 cm³/mol. The Morgan fingerprint density at radius 3 is 2.37 bits per heavy atom. The van der Waals surface area contributed by atoms with E-state index >= 15 is 0 Å². The van der Waals surface area contributed by atoms with Crippen LogP contribution in [0, 0.1) is 5.41 Å². The molecule has 0 unspecified atom stereocenters. The Labute approximate surface area is 175 Å². The van der Waals surface area contributed by atoms with Crippen LogP contribution in [-0.4, -0.2) is 31.1 Å². The van der Waals surface area contributed by atoms with Crippen LogP contribution in [0.3, 0.4) is 0 Å². The van der Waals surface area contributed by atoms with Crippen LogP contribution in [0.25, 0.3) is 0 Å². The summed E-state index contributed by atoms with van der Waals surface area (Å²) in [6.07, 6.45) is 4.01. The van der Waals surface area contributed by atoms with E-state index in [9.17, 15) is 0 Å². The molecule has 0 atom stereocenters. The predicted octanol–water partition coefficient (Wildman–Crippen LogP) is 4.68. The van der Waals surface area contributed by atoms with Crippen molar-refractivity contribution in [3.63, 3.8) is 0 Å². The Morgan fingerprint density at radius 2 is 1.59 bits per heavy atom. The lowest BCUT2D eigenvalue weighted by atomic mass is 9.78. The topological polar surface area (TPSA) is 24.5 Å². The molecule has 0 aromatic heterocycles. The van der Waals surface area contributed by atoms with Crippen LogP contribution >= 0.6 is 24.8 Å². The second-order valence-corrected chi connectivity index (χ2v) is 7.59. The van der Waals surface area contributed by atoms with Crippen molar-refractivity contribution >= 4 is 24.8 Å². The zero-order chi connectivity index (χ0) is 17.0. The van der Waals surface area contributed by atoms with Gasteiger partial charge in [0.2, 0.25) is 0 Å². The number of hydrogen-bond donors (Lipinski definition) is 1. The molecular weight excluding hydrogens is 379 g/mol. The standard InChI is InChI=1S/C22H28N2O.2ClH/c1-2-6-19(7-3-1)17-25-21-9-5-4-8-20(21)16-24-15-12-22(18-24)10-13-23-14-11-22;;/h1-9,23H,10-18H2;2*1H. The van der Waals surface area contributed by atoms with Gasteiger partial charge < -0.3 is 10.1 Å². The Bertz CT molecular complexity index is 690. The third-order valence-electron chi connectivity index (χ3n) is 5.79. The van der Waals surface area contributed by atoms with Gasteiger partial charge in [-0.1, -0.05) is 48.5 Å². The number of likely N-dealkylation sites (tertiary alicyclic amines) is 1. The molecule has 0 aliphatic carbocycles. The minimum Gasteiger partial charge on any atom is -0.489 e. The average Bonchev–Trinajstić information content (AvgIpc) is 3.04. The molecule has 3 nitrogen and oxygen atoms in total. The molecular formula is C22H30Cl2N2O. The number of halogens is 2. The number of nitrogens with one attached hydrogen (secondary N) is 1. The fourth-order valence-electron chi connectivity index (χ4n) is 4.28. The number of piperidine rings is 1. The van der Waals surface area contributed by atoms with Crippen LogP contribution in [0.2, 0.25) is 0 Å². The van der Waals surface area contributed by atoms with Gasteiger partial charge in [0.05, 0.1) is 0 Å². The van der Waals surface area contributed by atoms with E-state index in [4.69, 9.17) is 4.74 Å². The largest absolute Gasteiger partial charge is 0.489 e. The summed E-state index contributed by atoms with van der Waals surface area (Å²) in [7, 11) is 0. The first-order chi connectivity index (χ1) is 12.3. The van der Waals surface area contributed by atoms with Gasteiger partial charge >= 0.3 is 0 Å². The summed E-state index contributed by atoms with van der Waals surface area (Å²) in [4.78, 5) is 2.62. The SMILES string of the molecule is Cl.Cl.c1ccc(COc2ccccc2CN2CCC3(CCNCC3)C2)cc1. The molecule has 2 heterocycles. The molecule has 2 aromatic carbocycles. The highest BCUT2D eigenvalue weighted by molar-refractivity contribution is 5.85. The highest BCUT2D eigenvalue weighted by Gasteiger charge is 2.38. The van der Waals surface area contributed by atoms with Crippen LogP contribution in [0.15, 0.2) is 54.6 Å². The van der Waals surface area contributed by atoms with Crippen LogP contribution in [0.5, 0.6) is 5.75 Å². The molecule has 1 spiro atoms. The molecule has 2 saturated heterocycles. The molecule has 0 saturated carbocycles. The summed E-state index contributed by atoms with van der Waals surface area (Å²) in [5.41, 5.74) is 3.09. The molecule has 27 heavy (non-hydrogen) atoms. The van der Waals surface area contributed by atoms with E-state index in [2.05, 4.69) is 58.7 Å². The van der Waals surface area contributed by atoms with E-state index in [0.717, 1.165) is 12.3 Å². The van der Waals surface area contributed by atoms with Crippen molar-refractivity contribution in [2.75, 3.05) is 26.2 Å². The van der Waals surface area contributed by atoms with Gasteiger partial charge in [-0.15, -0.1) is 24.8 Å². The Balaban J connectivity index is 0.00000131.